The predicted octanol–water partition coefficient (Wildman–Crippen LogP) is 3.28. The third-order valence-electron chi connectivity index (χ3n) is 3.40. The van der Waals surface area contributed by atoms with E-state index in [4.69, 9.17) is 9.47 Å². The topological polar surface area (TPSA) is 46.1 Å². The Kier molecular flexibility index (Phi) is 14.8. The molecule has 0 spiro atoms. The fraction of sp³-hybridized carbons (Fsp3) is 0.611. The second-order valence-electron chi connectivity index (χ2n) is 5.53. The summed E-state index contributed by atoms with van der Waals surface area (Å²) < 4.78 is 23.6. The number of ether oxygens (including phenoxy) is 2. The minimum absolute atomic E-state index is 0. The Bertz CT molecular complexity index is 489. The molecular weight excluding hydrogens is 436 g/mol. The van der Waals surface area contributed by atoms with Gasteiger partial charge in [0.25, 0.3) is 0 Å². The predicted molar refractivity (Wildman–Crippen MR) is 111 cm³/mol. The van der Waals surface area contributed by atoms with Gasteiger partial charge in [0.05, 0.1) is 13.2 Å². The van der Waals surface area contributed by atoms with E-state index in [9.17, 15) is 4.39 Å². The second kappa shape index (κ2) is 15.3. The first-order valence-corrected chi connectivity index (χ1v) is 8.48. The highest BCUT2D eigenvalue weighted by Gasteiger charge is 2.06. The highest BCUT2D eigenvalue weighted by Crippen LogP contribution is 2.06. The smallest absolute Gasteiger partial charge is 0.193 e. The number of rotatable bonds is 11. The lowest BCUT2D eigenvalue weighted by molar-refractivity contribution is 0.0690. The lowest BCUT2D eigenvalue weighted by Gasteiger charge is -2.22. The maximum Gasteiger partial charge on any atom is 0.193 e. The number of unbranched alkanes of at least 4 members (excludes halogenated alkanes) is 1. The van der Waals surface area contributed by atoms with Crippen molar-refractivity contribution in [1.29, 1.82) is 0 Å². The van der Waals surface area contributed by atoms with Crippen LogP contribution in [0.5, 0.6) is 0 Å². The molecular formula is C18H31FIN3O2. The van der Waals surface area contributed by atoms with Crippen LogP contribution in [0.3, 0.4) is 0 Å². The third kappa shape index (κ3) is 11.3. The van der Waals surface area contributed by atoms with Crippen LogP contribution >= 0.6 is 24.0 Å². The molecule has 0 aliphatic carbocycles. The lowest BCUT2D eigenvalue weighted by Crippen LogP contribution is -2.38. The van der Waals surface area contributed by atoms with Gasteiger partial charge in [-0.1, -0.05) is 12.1 Å². The Balaban J connectivity index is 0.00000576. The number of halogens is 2. The Morgan fingerprint density at radius 1 is 1.24 bits per heavy atom. The molecule has 0 radical (unpaired) electrons. The number of hydrogen-bond acceptors (Lipinski definition) is 3. The van der Waals surface area contributed by atoms with Gasteiger partial charge in [0.1, 0.15) is 5.82 Å². The Morgan fingerprint density at radius 2 is 2.04 bits per heavy atom. The van der Waals surface area contributed by atoms with Crippen molar-refractivity contribution in [2.45, 2.75) is 26.3 Å². The molecule has 0 fully saturated rings. The molecule has 0 aromatic heterocycles. The number of guanidine groups is 1. The first-order chi connectivity index (χ1) is 11.7. The van der Waals surface area contributed by atoms with Crippen LogP contribution in [0.2, 0.25) is 0 Å². The van der Waals surface area contributed by atoms with Crippen molar-refractivity contribution in [2.75, 3.05) is 47.1 Å². The molecule has 0 amide bonds. The van der Waals surface area contributed by atoms with Gasteiger partial charge >= 0.3 is 0 Å². The van der Waals surface area contributed by atoms with Crippen molar-refractivity contribution in [3.8, 4) is 0 Å². The molecule has 1 aromatic carbocycles. The van der Waals surface area contributed by atoms with E-state index in [0.29, 0.717) is 19.8 Å². The van der Waals surface area contributed by atoms with Crippen LogP contribution in [0.1, 0.15) is 25.3 Å². The largest absolute Gasteiger partial charge is 0.382 e. The zero-order valence-corrected chi connectivity index (χ0v) is 17.8. The fourth-order valence-corrected chi connectivity index (χ4v) is 2.20. The summed E-state index contributed by atoms with van der Waals surface area (Å²) in [6.45, 7) is 6.19. The lowest BCUT2D eigenvalue weighted by atomic mass is 10.2. The molecule has 0 aliphatic rings. The van der Waals surface area contributed by atoms with Crippen molar-refractivity contribution in [3.63, 3.8) is 0 Å². The first kappa shape index (κ1) is 24.1. The van der Waals surface area contributed by atoms with E-state index in [1.165, 1.54) is 6.07 Å². The molecule has 0 saturated carbocycles. The van der Waals surface area contributed by atoms with Gasteiger partial charge in [0.15, 0.2) is 5.96 Å². The van der Waals surface area contributed by atoms with E-state index < -0.39 is 0 Å². The summed E-state index contributed by atoms with van der Waals surface area (Å²) in [5.74, 6) is 0.623. The third-order valence-corrected chi connectivity index (χ3v) is 3.40. The molecule has 1 N–H and O–H groups in total. The van der Waals surface area contributed by atoms with Gasteiger partial charge < -0.3 is 19.7 Å². The molecule has 0 aliphatic heterocycles. The summed E-state index contributed by atoms with van der Waals surface area (Å²) in [5.41, 5.74) is 0.926. The summed E-state index contributed by atoms with van der Waals surface area (Å²) >= 11 is 0. The van der Waals surface area contributed by atoms with Crippen molar-refractivity contribution >= 4 is 29.9 Å². The van der Waals surface area contributed by atoms with E-state index in [0.717, 1.165) is 44.1 Å². The van der Waals surface area contributed by atoms with Gasteiger partial charge in [0, 0.05) is 40.4 Å². The number of hydrogen-bond donors (Lipinski definition) is 1. The fourth-order valence-electron chi connectivity index (χ4n) is 2.20. The Morgan fingerprint density at radius 3 is 2.72 bits per heavy atom. The SMILES string of the molecule is CCNC(=NCCCCOCCOC)N(C)Cc1cccc(F)c1.I. The maximum atomic E-state index is 13.3. The molecule has 0 saturated heterocycles. The van der Waals surface area contributed by atoms with E-state index in [1.807, 2.05) is 24.9 Å². The zero-order valence-electron chi connectivity index (χ0n) is 15.5. The summed E-state index contributed by atoms with van der Waals surface area (Å²) in [7, 11) is 3.63. The Labute approximate surface area is 168 Å². The van der Waals surface area contributed by atoms with Crippen molar-refractivity contribution in [2.24, 2.45) is 4.99 Å². The van der Waals surface area contributed by atoms with E-state index in [2.05, 4.69) is 10.3 Å². The van der Waals surface area contributed by atoms with Gasteiger partial charge in [-0.25, -0.2) is 4.39 Å². The van der Waals surface area contributed by atoms with Gasteiger partial charge in [-0.15, -0.1) is 24.0 Å². The minimum Gasteiger partial charge on any atom is -0.382 e. The summed E-state index contributed by atoms with van der Waals surface area (Å²) in [5, 5.41) is 3.27. The van der Waals surface area contributed by atoms with Crippen LogP contribution in [-0.2, 0) is 16.0 Å². The average Bonchev–Trinajstić information content (AvgIpc) is 2.56. The van der Waals surface area contributed by atoms with E-state index in [-0.39, 0.29) is 29.8 Å². The molecule has 1 rings (SSSR count). The summed E-state index contributed by atoms with van der Waals surface area (Å²) in [6, 6.07) is 6.65. The van der Waals surface area contributed by atoms with Gasteiger partial charge in [-0.3, -0.25) is 4.99 Å². The number of nitrogens with zero attached hydrogens (tertiary/aromatic N) is 2. The van der Waals surface area contributed by atoms with Gasteiger partial charge in [-0.05, 0) is 37.5 Å². The molecule has 144 valence electrons. The molecule has 0 unspecified atom stereocenters. The number of aliphatic imine (C=N–C) groups is 1. The number of nitrogens with one attached hydrogen (secondary N) is 1. The first-order valence-electron chi connectivity index (χ1n) is 8.48. The standard InChI is InChI=1S/C18H30FN3O2.HI/c1-4-20-18(21-10-5-6-11-24-13-12-23-3)22(2)15-16-8-7-9-17(19)14-16;/h7-9,14H,4-6,10-13,15H2,1-3H3,(H,20,21);1H. The molecule has 0 bridgehead atoms. The highest BCUT2D eigenvalue weighted by atomic mass is 127. The monoisotopic (exact) mass is 467 g/mol. The van der Waals surface area contributed by atoms with Crippen LogP contribution in [0, 0.1) is 5.82 Å². The zero-order chi connectivity index (χ0) is 17.6. The quantitative estimate of drug-likeness (QED) is 0.235. The van der Waals surface area contributed by atoms with Crippen LogP contribution in [0.15, 0.2) is 29.3 Å². The summed E-state index contributed by atoms with van der Waals surface area (Å²) in [6.07, 6.45) is 1.94. The van der Waals surface area contributed by atoms with Crippen molar-refractivity contribution in [3.05, 3.63) is 35.6 Å². The molecule has 0 atom stereocenters. The molecule has 5 nitrogen and oxygen atoms in total. The second-order valence-corrected chi connectivity index (χ2v) is 5.53. The van der Waals surface area contributed by atoms with Gasteiger partial charge in [-0.2, -0.15) is 0 Å². The molecule has 1 aromatic rings. The molecule has 0 heterocycles. The number of benzene rings is 1. The van der Waals surface area contributed by atoms with Gasteiger partial charge in [0.2, 0.25) is 0 Å². The molecule has 7 heteroatoms. The minimum atomic E-state index is -0.212. The van der Waals surface area contributed by atoms with E-state index >= 15 is 0 Å². The van der Waals surface area contributed by atoms with E-state index in [1.54, 1.807) is 19.2 Å². The van der Waals surface area contributed by atoms with Crippen LogP contribution in [0.25, 0.3) is 0 Å². The van der Waals surface area contributed by atoms with Crippen LogP contribution < -0.4 is 5.32 Å². The number of methoxy groups -OCH3 is 1. The van der Waals surface area contributed by atoms with Crippen molar-refractivity contribution < 1.29 is 13.9 Å². The normalized spacial score (nSPS) is 11.1. The summed E-state index contributed by atoms with van der Waals surface area (Å²) in [4.78, 5) is 6.63. The van der Waals surface area contributed by atoms with Crippen LogP contribution in [-0.4, -0.2) is 57.9 Å². The molecule has 25 heavy (non-hydrogen) atoms. The average molecular weight is 467 g/mol. The Hall–Kier alpha value is -0.930. The highest BCUT2D eigenvalue weighted by molar-refractivity contribution is 14.0. The van der Waals surface area contributed by atoms with Crippen molar-refractivity contribution in [1.82, 2.24) is 10.2 Å². The van der Waals surface area contributed by atoms with Crippen LogP contribution in [0.4, 0.5) is 4.39 Å². The maximum absolute atomic E-state index is 13.3.